The Kier molecular flexibility index (Phi) is 9.46. The van der Waals surface area contributed by atoms with Crippen molar-refractivity contribution in [1.82, 2.24) is 0 Å². The van der Waals surface area contributed by atoms with Gasteiger partial charge in [0.15, 0.2) is 6.10 Å². The zero-order valence-electron chi connectivity index (χ0n) is 9.15. The Balaban J connectivity index is 3.41. The maximum atomic E-state index is 10.7. The summed E-state index contributed by atoms with van der Waals surface area (Å²) in [5, 5.41) is 8.75. The third kappa shape index (κ3) is 8.35. The van der Waals surface area contributed by atoms with Crippen molar-refractivity contribution in [3.63, 3.8) is 0 Å². The van der Waals surface area contributed by atoms with Crippen LogP contribution in [0.2, 0.25) is 0 Å². The lowest BCUT2D eigenvalue weighted by Crippen LogP contribution is -2.27. The Morgan fingerprint density at radius 2 is 1.80 bits per heavy atom. The van der Waals surface area contributed by atoms with Gasteiger partial charge < -0.3 is 21.3 Å². The second-order valence-electron chi connectivity index (χ2n) is 3.48. The van der Waals surface area contributed by atoms with Crippen LogP contribution in [0.5, 0.6) is 0 Å². The third-order valence-electron chi connectivity index (χ3n) is 2.12. The van der Waals surface area contributed by atoms with Crippen molar-refractivity contribution < 1.29 is 14.6 Å². The van der Waals surface area contributed by atoms with E-state index in [1.807, 2.05) is 0 Å². The van der Waals surface area contributed by atoms with Gasteiger partial charge in [-0.3, -0.25) is 0 Å². The quantitative estimate of drug-likeness (QED) is 0.459. The van der Waals surface area contributed by atoms with E-state index in [1.165, 1.54) is 0 Å². The number of carbonyl (C=O) groups is 1. The van der Waals surface area contributed by atoms with E-state index in [9.17, 15) is 4.79 Å². The third-order valence-corrected chi connectivity index (χ3v) is 2.12. The summed E-state index contributed by atoms with van der Waals surface area (Å²) in [7, 11) is 0. The standard InChI is InChI=1S/C10H22N2O3/c11-6-3-1-2-4-8-15-9(5-7-12)10(13)14/h9H,1-8,11-12H2,(H,13,14). The van der Waals surface area contributed by atoms with Crippen LogP contribution >= 0.6 is 0 Å². The number of nitrogens with two attached hydrogens (primary N) is 2. The highest BCUT2D eigenvalue weighted by atomic mass is 16.5. The highest BCUT2D eigenvalue weighted by molar-refractivity contribution is 5.72. The van der Waals surface area contributed by atoms with Gasteiger partial charge in [-0.1, -0.05) is 12.8 Å². The number of rotatable bonds is 10. The van der Waals surface area contributed by atoms with Crippen LogP contribution in [0.3, 0.4) is 0 Å². The maximum Gasteiger partial charge on any atom is 0.332 e. The first-order valence-corrected chi connectivity index (χ1v) is 5.47. The molecule has 1 unspecified atom stereocenters. The van der Waals surface area contributed by atoms with Gasteiger partial charge in [0.05, 0.1) is 0 Å². The molecule has 0 fully saturated rings. The van der Waals surface area contributed by atoms with E-state index in [-0.39, 0.29) is 0 Å². The molecule has 0 aliphatic heterocycles. The number of carboxylic acids is 1. The number of hydrogen-bond acceptors (Lipinski definition) is 4. The second kappa shape index (κ2) is 9.89. The van der Waals surface area contributed by atoms with E-state index in [4.69, 9.17) is 21.3 Å². The van der Waals surface area contributed by atoms with Crippen molar-refractivity contribution in [3.05, 3.63) is 0 Å². The number of carboxylic acid groups (broad SMARTS) is 1. The van der Waals surface area contributed by atoms with E-state index in [1.54, 1.807) is 0 Å². The lowest BCUT2D eigenvalue weighted by Gasteiger charge is -2.12. The summed E-state index contributed by atoms with van der Waals surface area (Å²) in [6.45, 7) is 1.54. The molecule has 0 aromatic carbocycles. The molecular formula is C10H22N2O3. The molecule has 0 rings (SSSR count). The van der Waals surface area contributed by atoms with Gasteiger partial charge in [-0.15, -0.1) is 0 Å². The molecule has 90 valence electrons. The van der Waals surface area contributed by atoms with Crippen LogP contribution in [0.1, 0.15) is 32.1 Å². The fourth-order valence-corrected chi connectivity index (χ4v) is 1.26. The Morgan fingerprint density at radius 1 is 1.13 bits per heavy atom. The van der Waals surface area contributed by atoms with Gasteiger partial charge in [0, 0.05) is 6.61 Å². The topological polar surface area (TPSA) is 98.6 Å². The zero-order chi connectivity index (χ0) is 11.5. The van der Waals surface area contributed by atoms with Crippen molar-refractivity contribution in [2.24, 2.45) is 11.5 Å². The van der Waals surface area contributed by atoms with Gasteiger partial charge in [0.2, 0.25) is 0 Å². The Bertz CT molecular complexity index is 165. The fourth-order valence-electron chi connectivity index (χ4n) is 1.26. The molecule has 0 aliphatic carbocycles. The van der Waals surface area contributed by atoms with Crippen LogP contribution in [0, 0.1) is 0 Å². The van der Waals surface area contributed by atoms with Gasteiger partial charge in [0.25, 0.3) is 0 Å². The minimum absolute atomic E-state index is 0.337. The van der Waals surface area contributed by atoms with E-state index < -0.39 is 12.1 Å². The fraction of sp³-hybridized carbons (Fsp3) is 0.900. The highest BCUT2D eigenvalue weighted by Gasteiger charge is 2.16. The van der Waals surface area contributed by atoms with Crippen LogP contribution in [0.4, 0.5) is 0 Å². The molecule has 0 saturated heterocycles. The highest BCUT2D eigenvalue weighted by Crippen LogP contribution is 2.03. The van der Waals surface area contributed by atoms with Gasteiger partial charge >= 0.3 is 5.97 Å². The van der Waals surface area contributed by atoms with Gasteiger partial charge in [-0.05, 0) is 32.4 Å². The minimum atomic E-state index is -0.928. The van der Waals surface area contributed by atoms with Crippen molar-refractivity contribution in [2.45, 2.75) is 38.2 Å². The normalized spacial score (nSPS) is 12.7. The van der Waals surface area contributed by atoms with Crippen LogP contribution in [-0.4, -0.2) is 36.9 Å². The van der Waals surface area contributed by atoms with Crippen molar-refractivity contribution >= 4 is 5.97 Å². The van der Waals surface area contributed by atoms with Crippen molar-refractivity contribution in [3.8, 4) is 0 Å². The summed E-state index contributed by atoms with van der Waals surface area (Å²) in [5.41, 5.74) is 10.6. The molecule has 15 heavy (non-hydrogen) atoms. The number of unbranched alkanes of at least 4 members (excludes halogenated alkanes) is 3. The summed E-state index contributed by atoms with van der Waals surface area (Å²) >= 11 is 0. The first-order valence-electron chi connectivity index (χ1n) is 5.47. The molecule has 5 nitrogen and oxygen atoms in total. The molecule has 0 aliphatic rings. The minimum Gasteiger partial charge on any atom is -0.479 e. The summed E-state index contributed by atoms with van der Waals surface area (Å²) < 4.78 is 5.21. The average Bonchev–Trinajstić information content (AvgIpc) is 2.21. The van der Waals surface area contributed by atoms with Gasteiger partial charge in [-0.25, -0.2) is 4.79 Å². The molecule has 1 atom stereocenters. The predicted octanol–water partition coefficient (Wildman–Crippen LogP) is 0.324. The molecule has 0 bridgehead atoms. The molecule has 5 N–H and O–H groups in total. The van der Waals surface area contributed by atoms with Crippen LogP contribution < -0.4 is 11.5 Å². The molecule has 0 aromatic rings. The van der Waals surface area contributed by atoms with Crippen LogP contribution in [-0.2, 0) is 9.53 Å². The SMILES string of the molecule is NCCCCCCOC(CCN)C(=O)O. The zero-order valence-corrected chi connectivity index (χ0v) is 9.15. The molecule has 0 heterocycles. The second-order valence-corrected chi connectivity index (χ2v) is 3.48. The summed E-state index contributed by atoms with van der Waals surface area (Å²) in [6.07, 6.45) is 3.64. The monoisotopic (exact) mass is 218 g/mol. The molecular weight excluding hydrogens is 196 g/mol. The summed E-state index contributed by atoms with van der Waals surface area (Å²) in [6, 6.07) is 0. The molecule has 0 amide bonds. The predicted molar refractivity (Wildman–Crippen MR) is 58.6 cm³/mol. The van der Waals surface area contributed by atoms with Crippen LogP contribution in [0.25, 0.3) is 0 Å². The largest absolute Gasteiger partial charge is 0.479 e. The van der Waals surface area contributed by atoms with Crippen molar-refractivity contribution in [1.29, 1.82) is 0 Å². The first-order chi connectivity index (χ1) is 7.22. The van der Waals surface area contributed by atoms with E-state index in [0.29, 0.717) is 26.1 Å². The smallest absolute Gasteiger partial charge is 0.332 e. The van der Waals surface area contributed by atoms with Crippen molar-refractivity contribution in [2.75, 3.05) is 19.7 Å². The molecule has 0 spiro atoms. The number of ether oxygens (including phenoxy) is 1. The lowest BCUT2D eigenvalue weighted by atomic mass is 10.2. The Hall–Kier alpha value is -0.650. The van der Waals surface area contributed by atoms with Gasteiger partial charge in [-0.2, -0.15) is 0 Å². The Labute approximate surface area is 90.8 Å². The Morgan fingerprint density at radius 3 is 2.33 bits per heavy atom. The number of aliphatic carboxylic acids is 1. The average molecular weight is 218 g/mol. The molecule has 0 radical (unpaired) electrons. The van der Waals surface area contributed by atoms with E-state index >= 15 is 0 Å². The first kappa shape index (κ1) is 14.3. The molecule has 5 heteroatoms. The van der Waals surface area contributed by atoms with Crippen LogP contribution in [0.15, 0.2) is 0 Å². The van der Waals surface area contributed by atoms with E-state index in [0.717, 1.165) is 25.7 Å². The lowest BCUT2D eigenvalue weighted by molar-refractivity contribution is -0.150. The summed E-state index contributed by atoms with van der Waals surface area (Å²) in [5.74, 6) is -0.928. The van der Waals surface area contributed by atoms with E-state index in [2.05, 4.69) is 0 Å². The van der Waals surface area contributed by atoms with Gasteiger partial charge in [0.1, 0.15) is 0 Å². The summed E-state index contributed by atoms with van der Waals surface area (Å²) in [4.78, 5) is 10.7. The molecule has 0 aromatic heterocycles. The molecule has 0 saturated carbocycles. The number of hydrogen-bond donors (Lipinski definition) is 3. The maximum absolute atomic E-state index is 10.7.